The van der Waals surface area contributed by atoms with Gasteiger partial charge in [0, 0.05) is 26.3 Å². The van der Waals surface area contributed by atoms with Gasteiger partial charge >= 0.3 is 0 Å². The number of nitrogens with two attached hydrogens (primary N) is 1. The maximum atomic E-state index is 11.8. The number of hydrogen-bond acceptors (Lipinski definition) is 4. The van der Waals surface area contributed by atoms with Crippen LogP contribution < -0.4 is 10.5 Å². The lowest BCUT2D eigenvalue weighted by Gasteiger charge is -2.22. The summed E-state index contributed by atoms with van der Waals surface area (Å²) in [6, 6.07) is -0.0926. The van der Waals surface area contributed by atoms with E-state index in [1.165, 1.54) is 12.8 Å². The summed E-state index contributed by atoms with van der Waals surface area (Å²) < 4.78 is 31.2. The predicted molar refractivity (Wildman–Crippen MR) is 68.2 cm³/mol. The van der Waals surface area contributed by atoms with Gasteiger partial charge in [0.1, 0.15) is 0 Å². The Morgan fingerprint density at radius 1 is 1.41 bits per heavy atom. The van der Waals surface area contributed by atoms with E-state index in [0.717, 1.165) is 12.8 Å². The number of sulfonamides is 1. The van der Waals surface area contributed by atoms with Crippen LogP contribution in [0.25, 0.3) is 0 Å². The Kier molecular flexibility index (Phi) is 6.40. The Hall–Kier alpha value is -0.170. The van der Waals surface area contributed by atoms with Gasteiger partial charge in [-0.1, -0.05) is 12.8 Å². The lowest BCUT2D eigenvalue weighted by Crippen LogP contribution is -2.45. The molecule has 1 aliphatic carbocycles. The van der Waals surface area contributed by atoms with Crippen molar-refractivity contribution in [2.75, 3.05) is 26.0 Å². The fourth-order valence-electron chi connectivity index (χ4n) is 2.38. The summed E-state index contributed by atoms with van der Waals surface area (Å²) in [5.74, 6) is 0.529. The van der Waals surface area contributed by atoms with Crippen molar-refractivity contribution < 1.29 is 13.2 Å². The first kappa shape index (κ1) is 14.9. The van der Waals surface area contributed by atoms with Crippen LogP contribution >= 0.6 is 0 Å². The van der Waals surface area contributed by atoms with Gasteiger partial charge in [0.2, 0.25) is 10.0 Å². The van der Waals surface area contributed by atoms with Crippen molar-refractivity contribution in [1.82, 2.24) is 4.72 Å². The SMILES string of the molecule is COCCCS(=O)(=O)NC(CN)C1CCCC1. The number of hydrogen-bond donors (Lipinski definition) is 2. The van der Waals surface area contributed by atoms with Crippen molar-refractivity contribution in [2.24, 2.45) is 11.7 Å². The Balaban J connectivity index is 2.42. The molecule has 6 heteroatoms. The van der Waals surface area contributed by atoms with E-state index in [2.05, 4.69) is 4.72 Å². The predicted octanol–water partition coefficient (Wildman–Crippen LogP) is 0.460. The molecule has 17 heavy (non-hydrogen) atoms. The van der Waals surface area contributed by atoms with Gasteiger partial charge in [-0.05, 0) is 25.2 Å². The van der Waals surface area contributed by atoms with E-state index in [9.17, 15) is 8.42 Å². The van der Waals surface area contributed by atoms with Gasteiger partial charge in [0.25, 0.3) is 0 Å². The summed E-state index contributed by atoms with van der Waals surface area (Å²) in [6.07, 6.45) is 5.07. The molecule has 0 saturated heterocycles. The zero-order valence-corrected chi connectivity index (χ0v) is 11.3. The highest BCUT2D eigenvalue weighted by atomic mass is 32.2. The van der Waals surface area contributed by atoms with Crippen molar-refractivity contribution >= 4 is 10.0 Å². The molecule has 0 amide bonds. The highest BCUT2D eigenvalue weighted by Gasteiger charge is 2.27. The van der Waals surface area contributed by atoms with Crippen LogP contribution in [0.5, 0.6) is 0 Å². The third kappa shape index (κ3) is 5.33. The van der Waals surface area contributed by atoms with Crippen molar-refractivity contribution in [3.8, 4) is 0 Å². The maximum absolute atomic E-state index is 11.8. The van der Waals surface area contributed by atoms with Gasteiger partial charge in [-0.25, -0.2) is 13.1 Å². The van der Waals surface area contributed by atoms with E-state index >= 15 is 0 Å². The standard InChI is InChI=1S/C11H24N2O3S/c1-16-7-4-8-17(14,15)13-11(9-12)10-5-2-3-6-10/h10-11,13H,2-9,12H2,1H3. The largest absolute Gasteiger partial charge is 0.385 e. The molecule has 102 valence electrons. The molecule has 1 rings (SSSR count). The van der Waals surface area contributed by atoms with Crippen molar-refractivity contribution in [3.05, 3.63) is 0 Å². The second-order valence-corrected chi connectivity index (χ2v) is 6.54. The Morgan fingerprint density at radius 2 is 2.06 bits per heavy atom. The molecule has 1 unspecified atom stereocenters. The summed E-state index contributed by atoms with van der Waals surface area (Å²) in [6.45, 7) is 0.853. The minimum absolute atomic E-state index is 0.0926. The fraction of sp³-hybridized carbons (Fsp3) is 1.00. The van der Waals surface area contributed by atoms with Crippen LogP contribution in [0.2, 0.25) is 0 Å². The number of ether oxygens (including phenoxy) is 1. The van der Waals surface area contributed by atoms with E-state index < -0.39 is 10.0 Å². The summed E-state index contributed by atoms with van der Waals surface area (Å²) >= 11 is 0. The third-order valence-corrected chi connectivity index (χ3v) is 4.80. The molecule has 0 radical (unpaired) electrons. The molecule has 0 aromatic heterocycles. The smallest absolute Gasteiger partial charge is 0.211 e. The third-order valence-electron chi connectivity index (χ3n) is 3.32. The van der Waals surface area contributed by atoms with Gasteiger partial charge in [0.05, 0.1) is 5.75 Å². The number of nitrogens with one attached hydrogen (secondary N) is 1. The summed E-state index contributed by atoms with van der Waals surface area (Å²) in [5.41, 5.74) is 5.66. The molecule has 1 atom stereocenters. The molecule has 0 bridgehead atoms. The van der Waals surface area contributed by atoms with E-state index in [1.54, 1.807) is 7.11 Å². The highest BCUT2D eigenvalue weighted by Crippen LogP contribution is 2.27. The van der Waals surface area contributed by atoms with Crippen LogP contribution in [0.1, 0.15) is 32.1 Å². The van der Waals surface area contributed by atoms with Gasteiger partial charge in [-0.3, -0.25) is 0 Å². The van der Waals surface area contributed by atoms with E-state index in [-0.39, 0.29) is 11.8 Å². The molecular formula is C11H24N2O3S. The van der Waals surface area contributed by atoms with E-state index in [4.69, 9.17) is 10.5 Å². The van der Waals surface area contributed by atoms with Gasteiger partial charge in [-0.15, -0.1) is 0 Å². The molecule has 1 saturated carbocycles. The lowest BCUT2D eigenvalue weighted by molar-refractivity contribution is 0.199. The van der Waals surface area contributed by atoms with Crippen LogP contribution in [-0.4, -0.2) is 40.5 Å². The van der Waals surface area contributed by atoms with Crippen LogP contribution in [0, 0.1) is 5.92 Å². The zero-order valence-electron chi connectivity index (χ0n) is 10.5. The zero-order chi connectivity index (χ0) is 12.7. The van der Waals surface area contributed by atoms with Crippen LogP contribution in [0.4, 0.5) is 0 Å². The Bertz CT molecular complexity index is 300. The van der Waals surface area contributed by atoms with Crippen LogP contribution in [0.15, 0.2) is 0 Å². The lowest BCUT2D eigenvalue weighted by atomic mass is 9.99. The van der Waals surface area contributed by atoms with Crippen LogP contribution in [0.3, 0.4) is 0 Å². The maximum Gasteiger partial charge on any atom is 0.211 e. The minimum atomic E-state index is -3.21. The molecule has 0 aromatic rings. The summed E-state index contributed by atoms with van der Waals surface area (Å²) in [7, 11) is -1.64. The molecule has 3 N–H and O–H groups in total. The first-order valence-electron chi connectivity index (χ1n) is 6.28. The summed E-state index contributed by atoms with van der Waals surface area (Å²) in [4.78, 5) is 0. The molecule has 0 heterocycles. The molecular weight excluding hydrogens is 240 g/mol. The van der Waals surface area contributed by atoms with Crippen molar-refractivity contribution in [1.29, 1.82) is 0 Å². The van der Waals surface area contributed by atoms with Crippen LogP contribution in [-0.2, 0) is 14.8 Å². The second kappa shape index (κ2) is 7.31. The van der Waals surface area contributed by atoms with Gasteiger partial charge in [-0.2, -0.15) is 0 Å². The topological polar surface area (TPSA) is 81.4 Å². The first-order valence-corrected chi connectivity index (χ1v) is 7.93. The quantitative estimate of drug-likeness (QED) is 0.624. The first-order chi connectivity index (χ1) is 8.09. The fourth-order valence-corrected chi connectivity index (χ4v) is 3.75. The normalized spacial score (nSPS) is 19.6. The molecule has 1 fully saturated rings. The summed E-state index contributed by atoms with van der Waals surface area (Å²) in [5, 5.41) is 0. The van der Waals surface area contributed by atoms with E-state index in [1.807, 2.05) is 0 Å². The van der Waals surface area contributed by atoms with Gasteiger partial charge < -0.3 is 10.5 Å². The molecule has 0 aliphatic heterocycles. The van der Waals surface area contributed by atoms with Crippen molar-refractivity contribution in [2.45, 2.75) is 38.1 Å². The molecule has 0 spiro atoms. The minimum Gasteiger partial charge on any atom is -0.385 e. The average molecular weight is 264 g/mol. The Morgan fingerprint density at radius 3 is 2.59 bits per heavy atom. The Labute approximate surface area is 104 Å². The van der Waals surface area contributed by atoms with Crippen molar-refractivity contribution in [3.63, 3.8) is 0 Å². The van der Waals surface area contributed by atoms with Gasteiger partial charge in [0.15, 0.2) is 0 Å². The molecule has 1 aliphatic rings. The highest BCUT2D eigenvalue weighted by molar-refractivity contribution is 7.89. The monoisotopic (exact) mass is 264 g/mol. The second-order valence-electron chi connectivity index (χ2n) is 4.67. The number of rotatable bonds is 8. The number of methoxy groups -OCH3 is 1. The molecule has 0 aromatic carbocycles. The molecule has 5 nitrogen and oxygen atoms in total. The average Bonchev–Trinajstić information content (AvgIpc) is 2.79. The van der Waals surface area contributed by atoms with E-state index in [0.29, 0.717) is 25.5 Å².